The van der Waals surface area contributed by atoms with Crippen LogP contribution in [0, 0.1) is 0 Å². The summed E-state index contributed by atoms with van der Waals surface area (Å²) < 4.78 is 2.66. The molecule has 0 aliphatic carbocycles. The minimum Gasteiger partial charge on any atom is -0.355 e. The van der Waals surface area contributed by atoms with Gasteiger partial charge < -0.3 is 10.6 Å². The zero-order valence-electron chi connectivity index (χ0n) is 12.2. The highest BCUT2D eigenvalue weighted by molar-refractivity contribution is 5.38. The highest BCUT2D eigenvalue weighted by atomic mass is 16.2. The lowest BCUT2D eigenvalue weighted by molar-refractivity contribution is 0.255. The summed E-state index contributed by atoms with van der Waals surface area (Å²) in [6, 6.07) is 1.54. The van der Waals surface area contributed by atoms with Gasteiger partial charge in [0.15, 0.2) is 0 Å². The van der Waals surface area contributed by atoms with Gasteiger partial charge >= 0.3 is 5.69 Å². The molecule has 1 aromatic rings. The van der Waals surface area contributed by atoms with E-state index in [-0.39, 0.29) is 11.2 Å². The summed E-state index contributed by atoms with van der Waals surface area (Å²) in [5, 5.41) is 0. The topological polar surface area (TPSA) is 76.5 Å². The van der Waals surface area contributed by atoms with E-state index >= 15 is 0 Å². The van der Waals surface area contributed by atoms with Crippen molar-refractivity contribution in [3.63, 3.8) is 0 Å². The molecule has 7 nitrogen and oxygen atoms in total. The Morgan fingerprint density at radius 1 is 1.10 bits per heavy atom. The average Bonchev–Trinajstić information content (AvgIpc) is 2.47. The van der Waals surface area contributed by atoms with Gasteiger partial charge in [0, 0.05) is 46.3 Å². The molecule has 1 fully saturated rings. The fraction of sp³-hybridized carbons (Fsp3) is 0.692. The molecule has 2 rings (SSSR count). The highest BCUT2D eigenvalue weighted by Crippen LogP contribution is 2.12. The van der Waals surface area contributed by atoms with Crippen LogP contribution in [0.4, 0.5) is 5.82 Å². The van der Waals surface area contributed by atoms with Gasteiger partial charge in [-0.25, -0.2) is 4.79 Å². The molecule has 1 aliphatic heterocycles. The maximum atomic E-state index is 11.9. The van der Waals surface area contributed by atoms with Gasteiger partial charge in [-0.2, -0.15) is 0 Å². The van der Waals surface area contributed by atoms with Crippen molar-refractivity contribution in [3.8, 4) is 0 Å². The monoisotopic (exact) mass is 281 g/mol. The number of rotatable bonds is 4. The summed E-state index contributed by atoms with van der Waals surface area (Å²) in [5.74, 6) is 0.705. The molecule has 2 N–H and O–H groups in total. The number of aromatic nitrogens is 2. The Labute approximate surface area is 118 Å². The normalized spacial score (nSPS) is 16.6. The van der Waals surface area contributed by atoms with Crippen molar-refractivity contribution in [2.45, 2.75) is 6.42 Å². The van der Waals surface area contributed by atoms with Crippen molar-refractivity contribution < 1.29 is 0 Å². The summed E-state index contributed by atoms with van der Waals surface area (Å²) in [6.45, 7) is 5.24. The highest BCUT2D eigenvalue weighted by Gasteiger charge is 2.19. The lowest BCUT2D eigenvalue weighted by Crippen LogP contribution is -2.49. The fourth-order valence-corrected chi connectivity index (χ4v) is 2.54. The second-order valence-corrected chi connectivity index (χ2v) is 5.21. The minimum atomic E-state index is -0.280. The van der Waals surface area contributed by atoms with E-state index in [0.717, 1.165) is 43.7 Å². The summed E-state index contributed by atoms with van der Waals surface area (Å²) in [7, 11) is 3.21. The zero-order valence-corrected chi connectivity index (χ0v) is 12.2. The van der Waals surface area contributed by atoms with E-state index in [1.165, 1.54) is 17.7 Å². The third-order valence-electron chi connectivity index (χ3n) is 3.88. The van der Waals surface area contributed by atoms with Crippen molar-refractivity contribution in [3.05, 3.63) is 26.9 Å². The first-order chi connectivity index (χ1) is 9.54. The van der Waals surface area contributed by atoms with Crippen molar-refractivity contribution in [1.82, 2.24) is 14.0 Å². The molecular formula is C13H23N5O2. The summed E-state index contributed by atoms with van der Waals surface area (Å²) in [5.41, 5.74) is 4.98. The molecule has 112 valence electrons. The summed E-state index contributed by atoms with van der Waals surface area (Å²) in [6.07, 6.45) is 1.00. The molecule has 0 spiro atoms. The van der Waals surface area contributed by atoms with Gasteiger partial charge in [0.25, 0.3) is 5.56 Å². The van der Waals surface area contributed by atoms with Crippen molar-refractivity contribution in [2.24, 2.45) is 19.8 Å². The molecule has 1 saturated heterocycles. The van der Waals surface area contributed by atoms with E-state index in [4.69, 9.17) is 5.73 Å². The Kier molecular flexibility index (Phi) is 4.61. The van der Waals surface area contributed by atoms with Gasteiger partial charge in [0.05, 0.1) is 0 Å². The fourth-order valence-electron chi connectivity index (χ4n) is 2.54. The van der Waals surface area contributed by atoms with Gasteiger partial charge in [0.1, 0.15) is 5.82 Å². The quantitative estimate of drug-likeness (QED) is 0.731. The van der Waals surface area contributed by atoms with Gasteiger partial charge in [-0.3, -0.25) is 18.8 Å². The third-order valence-corrected chi connectivity index (χ3v) is 3.88. The van der Waals surface area contributed by atoms with E-state index in [1.54, 1.807) is 7.05 Å². The van der Waals surface area contributed by atoms with Crippen LogP contribution in [-0.2, 0) is 14.1 Å². The molecule has 1 aromatic heterocycles. The Balaban J connectivity index is 2.12. The van der Waals surface area contributed by atoms with Gasteiger partial charge in [-0.05, 0) is 19.5 Å². The average molecular weight is 281 g/mol. The largest absolute Gasteiger partial charge is 0.355 e. The van der Waals surface area contributed by atoms with Gasteiger partial charge in [0.2, 0.25) is 0 Å². The maximum absolute atomic E-state index is 11.9. The van der Waals surface area contributed by atoms with Crippen LogP contribution in [0.25, 0.3) is 0 Å². The Morgan fingerprint density at radius 3 is 2.35 bits per heavy atom. The van der Waals surface area contributed by atoms with Crippen LogP contribution in [0.15, 0.2) is 15.7 Å². The molecule has 20 heavy (non-hydrogen) atoms. The van der Waals surface area contributed by atoms with Crippen LogP contribution in [0.5, 0.6) is 0 Å². The Bertz CT molecular complexity index is 569. The second-order valence-electron chi connectivity index (χ2n) is 5.21. The number of nitrogens with zero attached hydrogens (tertiary/aromatic N) is 4. The molecule has 0 bridgehead atoms. The lowest BCUT2D eigenvalue weighted by atomic mass is 10.3. The van der Waals surface area contributed by atoms with Crippen molar-refractivity contribution in [1.29, 1.82) is 0 Å². The number of nitrogens with two attached hydrogens (primary N) is 1. The number of hydrogen-bond donors (Lipinski definition) is 1. The molecule has 0 aromatic carbocycles. The SMILES string of the molecule is Cn1c(N2CCN(CCCN)CC2)cc(=O)n(C)c1=O. The van der Waals surface area contributed by atoms with E-state index in [1.807, 2.05) is 0 Å². The van der Waals surface area contributed by atoms with Gasteiger partial charge in [-0.1, -0.05) is 0 Å². The van der Waals surface area contributed by atoms with Crippen LogP contribution >= 0.6 is 0 Å². The molecule has 7 heteroatoms. The standard InChI is InChI=1S/C13H23N5O2/c1-15-11(10-12(19)16(2)13(15)20)18-8-6-17(7-9-18)5-3-4-14/h10H,3-9,14H2,1-2H3. The molecule has 0 unspecified atom stereocenters. The lowest BCUT2D eigenvalue weighted by Gasteiger charge is -2.36. The first-order valence-corrected chi connectivity index (χ1v) is 6.99. The van der Waals surface area contributed by atoms with Crippen molar-refractivity contribution in [2.75, 3.05) is 44.2 Å². The minimum absolute atomic E-state index is 0.256. The van der Waals surface area contributed by atoms with E-state index in [0.29, 0.717) is 12.4 Å². The van der Waals surface area contributed by atoms with E-state index < -0.39 is 0 Å². The molecule has 0 atom stereocenters. The van der Waals surface area contributed by atoms with Crippen LogP contribution in [0.2, 0.25) is 0 Å². The van der Waals surface area contributed by atoms with Crippen LogP contribution < -0.4 is 21.9 Å². The number of hydrogen-bond acceptors (Lipinski definition) is 5. The number of anilines is 1. The van der Waals surface area contributed by atoms with Crippen LogP contribution in [0.3, 0.4) is 0 Å². The van der Waals surface area contributed by atoms with Crippen LogP contribution in [-0.4, -0.2) is 53.3 Å². The molecule has 0 saturated carbocycles. The van der Waals surface area contributed by atoms with E-state index in [9.17, 15) is 9.59 Å². The summed E-state index contributed by atoms with van der Waals surface area (Å²) in [4.78, 5) is 28.2. The van der Waals surface area contributed by atoms with Crippen LogP contribution in [0.1, 0.15) is 6.42 Å². The first-order valence-electron chi connectivity index (χ1n) is 6.99. The molecular weight excluding hydrogens is 258 g/mol. The van der Waals surface area contributed by atoms with Crippen molar-refractivity contribution >= 4 is 5.82 Å². The maximum Gasteiger partial charge on any atom is 0.332 e. The molecule has 0 amide bonds. The first kappa shape index (κ1) is 14.8. The molecule has 0 radical (unpaired) electrons. The Morgan fingerprint density at radius 2 is 1.75 bits per heavy atom. The Hall–Kier alpha value is -1.60. The smallest absolute Gasteiger partial charge is 0.332 e. The van der Waals surface area contributed by atoms with E-state index in [2.05, 4.69) is 9.80 Å². The summed E-state index contributed by atoms with van der Waals surface area (Å²) >= 11 is 0. The predicted octanol–water partition coefficient (Wildman–Crippen LogP) is -1.45. The number of piperazine rings is 1. The second kappa shape index (κ2) is 6.23. The third kappa shape index (κ3) is 2.94. The van der Waals surface area contributed by atoms with Gasteiger partial charge in [-0.15, -0.1) is 0 Å². The zero-order chi connectivity index (χ0) is 14.7. The molecule has 2 heterocycles. The predicted molar refractivity (Wildman–Crippen MR) is 79.2 cm³/mol. The molecule has 1 aliphatic rings.